The topological polar surface area (TPSA) is 119 Å². The van der Waals surface area contributed by atoms with Crippen molar-refractivity contribution >= 4 is 5.97 Å². The number of unbranched alkanes of at least 4 members (excludes halogenated alkanes) is 7. The minimum atomic E-state index is -1.74. The third-order valence-electron chi connectivity index (χ3n) is 4.08. The first kappa shape index (κ1) is 24.3. The van der Waals surface area contributed by atoms with Gasteiger partial charge in [-0.3, -0.25) is 0 Å². The van der Waals surface area contributed by atoms with Crippen molar-refractivity contribution in [3.63, 3.8) is 0 Å². The molecule has 1 fully saturated rings. The first-order valence-electron chi connectivity index (χ1n) is 8.51. The van der Waals surface area contributed by atoms with Gasteiger partial charge >= 0.3 is 29.6 Å². The average molecular weight is 356 g/mol. The van der Waals surface area contributed by atoms with Crippen molar-refractivity contribution in [2.75, 3.05) is 6.61 Å². The van der Waals surface area contributed by atoms with E-state index in [9.17, 15) is 25.2 Å². The van der Waals surface area contributed by atoms with Crippen LogP contribution < -0.4 is 34.7 Å². The monoisotopic (exact) mass is 356 g/mol. The number of aliphatic carboxylic acids is 1. The molecule has 0 spiro atoms. The van der Waals surface area contributed by atoms with Crippen LogP contribution in [0.4, 0.5) is 0 Å². The second-order valence-electron chi connectivity index (χ2n) is 6.06. The summed E-state index contributed by atoms with van der Waals surface area (Å²) in [5.41, 5.74) is 0. The molecule has 1 aliphatic heterocycles. The second kappa shape index (κ2) is 13.5. The molecule has 136 valence electrons. The van der Waals surface area contributed by atoms with Crippen LogP contribution in [0, 0.1) is 0 Å². The van der Waals surface area contributed by atoms with E-state index in [4.69, 9.17) is 9.47 Å². The number of hydrogen-bond acceptors (Lipinski definition) is 7. The quantitative estimate of drug-likeness (QED) is 0.262. The van der Waals surface area contributed by atoms with E-state index in [1.807, 2.05) is 0 Å². The number of carboxylic acids is 1. The number of aliphatic hydroxyl groups excluding tert-OH is 3. The van der Waals surface area contributed by atoms with Gasteiger partial charge in [-0.15, -0.1) is 0 Å². The van der Waals surface area contributed by atoms with Gasteiger partial charge in [-0.05, 0) is 6.42 Å². The van der Waals surface area contributed by atoms with Crippen molar-refractivity contribution in [1.82, 2.24) is 0 Å². The van der Waals surface area contributed by atoms with Crippen LogP contribution in [-0.2, 0) is 14.3 Å². The van der Waals surface area contributed by atoms with Gasteiger partial charge in [-0.1, -0.05) is 51.9 Å². The molecule has 0 aromatic rings. The van der Waals surface area contributed by atoms with Crippen LogP contribution in [0.5, 0.6) is 0 Å². The first-order chi connectivity index (χ1) is 11.0. The number of hydrogen-bond donors (Lipinski definition) is 3. The zero-order valence-electron chi connectivity index (χ0n) is 14.7. The van der Waals surface area contributed by atoms with Crippen LogP contribution in [0.25, 0.3) is 0 Å². The minimum absolute atomic E-state index is 0. The Labute approximate surface area is 165 Å². The molecule has 3 N–H and O–H groups in total. The Kier molecular flexibility index (Phi) is 13.6. The van der Waals surface area contributed by atoms with Crippen molar-refractivity contribution in [3.05, 3.63) is 0 Å². The molecule has 0 saturated carbocycles. The number of rotatable bonds is 11. The van der Waals surface area contributed by atoms with E-state index in [1.165, 1.54) is 32.1 Å². The molecular weight excluding hydrogens is 327 g/mol. The normalized spacial score (nSPS) is 29.9. The Balaban J connectivity index is 0.00000529. The number of aliphatic hydroxyl groups is 3. The molecule has 8 heteroatoms. The molecule has 0 bridgehead atoms. The van der Waals surface area contributed by atoms with Gasteiger partial charge < -0.3 is 34.7 Å². The van der Waals surface area contributed by atoms with E-state index >= 15 is 0 Å². The number of carboxylic acid groups (broad SMARTS) is 1. The zero-order valence-corrected chi connectivity index (χ0v) is 16.7. The summed E-state index contributed by atoms with van der Waals surface area (Å²) >= 11 is 0. The summed E-state index contributed by atoms with van der Waals surface area (Å²) in [6.45, 7) is 2.47. The zero-order chi connectivity index (χ0) is 17.2. The number of carbonyl (C=O) groups is 1. The van der Waals surface area contributed by atoms with Gasteiger partial charge in [0.1, 0.15) is 24.4 Å². The fourth-order valence-electron chi connectivity index (χ4n) is 2.62. The van der Waals surface area contributed by atoms with Gasteiger partial charge in [-0.25, -0.2) is 0 Å². The predicted molar refractivity (Wildman–Crippen MR) is 80.3 cm³/mol. The Bertz CT molecular complexity index is 342. The maximum absolute atomic E-state index is 10.8. The largest absolute Gasteiger partial charge is 1.00 e. The van der Waals surface area contributed by atoms with Gasteiger partial charge in [0.2, 0.25) is 0 Å². The molecule has 5 atom stereocenters. The molecule has 0 amide bonds. The van der Waals surface area contributed by atoms with Gasteiger partial charge in [0.25, 0.3) is 0 Å². The van der Waals surface area contributed by atoms with Crippen LogP contribution >= 0.6 is 0 Å². The fourth-order valence-corrected chi connectivity index (χ4v) is 2.62. The molecule has 0 radical (unpaired) electrons. The summed E-state index contributed by atoms with van der Waals surface area (Å²) in [5.74, 6) is -1.65. The predicted octanol–water partition coefficient (Wildman–Crippen LogP) is -3.29. The SMILES string of the molecule is CCCCCCCCCCO[C@H]1O[C@H](C(=O)[O-])[C@H](O)[C@H](O)[C@H]1O.[Na+]. The molecular formula is C16H29NaO7. The maximum Gasteiger partial charge on any atom is 1.00 e. The van der Waals surface area contributed by atoms with Gasteiger partial charge in [0, 0.05) is 6.61 Å². The van der Waals surface area contributed by atoms with E-state index < -0.39 is 36.7 Å². The Morgan fingerprint density at radius 1 is 0.958 bits per heavy atom. The third kappa shape index (κ3) is 8.10. The molecule has 0 unspecified atom stereocenters. The molecule has 1 rings (SSSR count). The van der Waals surface area contributed by atoms with Crippen LogP contribution in [0.3, 0.4) is 0 Å². The Hall–Kier alpha value is 0.270. The summed E-state index contributed by atoms with van der Waals surface area (Å²) in [4.78, 5) is 10.8. The van der Waals surface area contributed by atoms with Crippen LogP contribution in [0.1, 0.15) is 58.3 Å². The standard InChI is InChI=1S/C16H30O7.Na/c1-2-3-4-5-6-7-8-9-10-22-16-13(19)11(17)12(18)14(23-16)15(20)21;/h11-14,16-19H,2-10H2,1H3,(H,20,21);/q;+1/p-1/t11-,12+,13+,14-,16-;/m0./s1. The van der Waals surface area contributed by atoms with Crippen LogP contribution in [-0.4, -0.2) is 58.6 Å². The van der Waals surface area contributed by atoms with Gasteiger partial charge in [0.05, 0.1) is 5.97 Å². The van der Waals surface area contributed by atoms with Gasteiger partial charge in [-0.2, -0.15) is 0 Å². The molecule has 7 nitrogen and oxygen atoms in total. The molecule has 0 aromatic carbocycles. The second-order valence-corrected chi connectivity index (χ2v) is 6.06. The number of ether oxygens (including phenoxy) is 2. The van der Waals surface area contributed by atoms with Crippen molar-refractivity contribution < 1.29 is 64.3 Å². The van der Waals surface area contributed by atoms with Crippen LogP contribution in [0.15, 0.2) is 0 Å². The Morgan fingerprint density at radius 3 is 2.04 bits per heavy atom. The summed E-state index contributed by atoms with van der Waals surface area (Å²) in [6.07, 6.45) is 1.15. The molecule has 1 saturated heterocycles. The minimum Gasteiger partial charge on any atom is -0.547 e. The summed E-state index contributed by atoms with van der Waals surface area (Å²) in [7, 11) is 0. The molecule has 1 heterocycles. The van der Waals surface area contributed by atoms with E-state index in [0.29, 0.717) is 6.61 Å². The molecule has 1 aliphatic rings. The average Bonchev–Trinajstić information content (AvgIpc) is 2.52. The van der Waals surface area contributed by atoms with E-state index in [-0.39, 0.29) is 29.6 Å². The van der Waals surface area contributed by atoms with E-state index in [2.05, 4.69) is 6.92 Å². The maximum atomic E-state index is 10.8. The summed E-state index contributed by atoms with van der Waals surface area (Å²) < 4.78 is 10.3. The molecule has 24 heavy (non-hydrogen) atoms. The third-order valence-corrected chi connectivity index (χ3v) is 4.08. The smallest absolute Gasteiger partial charge is 0.547 e. The summed E-state index contributed by atoms with van der Waals surface area (Å²) in [5, 5.41) is 39.7. The van der Waals surface area contributed by atoms with Crippen LogP contribution in [0.2, 0.25) is 0 Å². The first-order valence-corrected chi connectivity index (χ1v) is 8.51. The molecule has 0 aromatic heterocycles. The summed E-state index contributed by atoms with van der Waals surface area (Å²) in [6, 6.07) is 0. The van der Waals surface area contributed by atoms with Crippen molar-refractivity contribution in [3.8, 4) is 0 Å². The van der Waals surface area contributed by atoms with Crippen molar-refractivity contribution in [1.29, 1.82) is 0 Å². The van der Waals surface area contributed by atoms with Crippen molar-refractivity contribution in [2.24, 2.45) is 0 Å². The number of carbonyl (C=O) groups excluding carboxylic acids is 1. The van der Waals surface area contributed by atoms with E-state index in [0.717, 1.165) is 19.3 Å². The van der Waals surface area contributed by atoms with Crippen molar-refractivity contribution in [2.45, 2.75) is 89.0 Å². The fraction of sp³-hybridized carbons (Fsp3) is 0.938. The van der Waals surface area contributed by atoms with E-state index in [1.54, 1.807) is 0 Å². The Morgan fingerprint density at radius 2 is 1.50 bits per heavy atom. The molecule has 0 aliphatic carbocycles. The van der Waals surface area contributed by atoms with Gasteiger partial charge in [0.15, 0.2) is 6.29 Å².